The summed E-state index contributed by atoms with van der Waals surface area (Å²) in [7, 11) is -3.67. The molecular weight excluding hydrogens is 456 g/mol. The number of sulfonamides is 1. The molecule has 0 aliphatic carbocycles. The molecule has 1 saturated heterocycles. The zero-order valence-electron chi connectivity index (χ0n) is 14.3. The number of benzene rings is 2. The summed E-state index contributed by atoms with van der Waals surface area (Å²) in [5, 5.41) is 0.193. The van der Waals surface area contributed by atoms with Crippen LogP contribution in [0.1, 0.15) is 0 Å². The Balaban J connectivity index is 1.56. The second-order valence-corrected chi connectivity index (χ2v) is 9.19. The Morgan fingerprint density at radius 3 is 2.30 bits per heavy atom. The molecule has 0 aromatic heterocycles. The van der Waals surface area contributed by atoms with Crippen LogP contribution in [0.25, 0.3) is 0 Å². The van der Waals surface area contributed by atoms with E-state index in [0.717, 1.165) is 4.47 Å². The molecule has 144 valence electrons. The van der Waals surface area contributed by atoms with Gasteiger partial charge in [-0.25, -0.2) is 8.42 Å². The van der Waals surface area contributed by atoms with Crippen molar-refractivity contribution >= 4 is 43.5 Å². The Labute approximate surface area is 171 Å². The molecule has 6 nitrogen and oxygen atoms in total. The molecule has 0 spiro atoms. The summed E-state index contributed by atoms with van der Waals surface area (Å²) >= 11 is 9.36. The van der Waals surface area contributed by atoms with Crippen molar-refractivity contribution in [3.63, 3.8) is 0 Å². The molecule has 27 heavy (non-hydrogen) atoms. The van der Waals surface area contributed by atoms with Crippen LogP contribution in [0.2, 0.25) is 5.02 Å². The van der Waals surface area contributed by atoms with Gasteiger partial charge in [0.25, 0.3) is 5.91 Å². The Morgan fingerprint density at radius 2 is 1.67 bits per heavy atom. The van der Waals surface area contributed by atoms with E-state index in [2.05, 4.69) is 15.9 Å². The first-order valence-corrected chi connectivity index (χ1v) is 10.9. The predicted octanol–water partition coefficient (Wildman–Crippen LogP) is 3.01. The maximum atomic E-state index is 12.7. The van der Waals surface area contributed by atoms with Gasteiger partial charge in [0, 0.05) is 30.7 Å². The summed E-state index contributed by atoms with van der Waals surface area (Å²) in [6, 6.07) is 13.6. The van der Waals surface area contributed by atoms with Crippen molar-refractivity contribution in [1.29, 1.82) is 0 Å². The molecule has 1 aliphatic rings. The third kappa shape index (κ3) is 4.82. The number of rotatable bonds is 5. The smallest absolute Gasteiger partial charge is 0.260 e. The second-order valence-electron chi connectivity index (χ2n) is 5.96. The molecular formula is C18H18BrClN2O4S. The number of hydrogen-bond acceptors (Lipinski definition) is 4. The van der Waals surface area contributed by atoms with Gasteiger partial charge >= 0.3 is 0 Å². The maximum Gasteiger partial charge on any atom is 0.260 e. The first-order valence-electron chi connectivity index (χ1n) is 8.29. The molecule has 2 aromatic rings. The highest BCUT2D eigenvalue weighted by molar-refractivity contribution is 9.10. The number of ether oxygens (including phenoxy) is 1. The van der Waals surface area contributed by atoms with Crippen LogP contribution in [-0.2, 0) is 14.8 Å². The minimum atomic E-state index is -3.67. The first-order chi connectivity index (χ1) is 12.9. The van der Waals surface area contributed by atoms with Crippen molar-refractivity contribution in [2.45, 2.75) is 4.90 Å². The van der Waals surface area contributed by atoms with Crippen LogP contribution in [0.3, 0.4) is 0 Å². The Morgan fingerprint density at radius 1 is 1.04 bits per heavy atom. The highest BCUT2D eigenvalue weighted by atomic mass is 79.9. The third-order valence-electron chi connectivity index (χ3n) is 4.22. The molecule has 0 radical (unpaired) electrons. The molecule has 1 heterocycles. The van der Waals surface area contributed by atoms with Gasteiger partial charge in [0.05, 0.1) is 5.02 Å². The van der Waals surface area contributed by atoms with Crippen LogP contribution in [0, 0.1) is 0 Å². The fourth-order valence-electron chi connectivity index (χ4n) is 2.74. The lowest BCUT2D eigenvalue weighted by atomic mass is 10.3. The Kier molecular flexibility index (Phi) is 6.41. The van der Waals surface area contributed by atoms with E-state index in [9.17, 15) is 13.2 Å². The van der Waals surface area contributed by atoms with E-state index in [1.165, 1.54) is 10.4 Å². The number of piperazine rings is 1. The molecule has 9 heteroatoms. The van der Waals surface area contributed by atoms with E-state index in [1.807, 2.05) is 12.1 Å². The van der Waals surface area contributed by atoms with E-state index in [-0.39, 0.29) is 35.5 Å². The quantitative estimate of drug-likeness (QED) is 0.669. The second kappa shape index (κ2) is 8.60. The highest BCUT2D eigenvalue weighted by Gasteiger charge is 2.31. The van der Waals surface area contributed by atoms with Gasteiger partial charge < -0.3 is 9.64 Å². The average molecular weight is 474 g/mol. The molecule has 3 rings (SSSR count). The van der Waals surface area contributed by atoms with Gasteiger partial charge in [-0.3, -0.25) is 4.79 Å². The SMILES string of the molecule is O=C(COc1ccc(Br)cc1)N1CCN(S(=O)(=O)c2ccccc2Cl)CC1. The molecule has 1 amide bonds. The van der Waals surface area contributed by atoms with Crippen LogP contribution in [0.4, 0.5) is 0 Å². The summed E-state index contributed by atoms with van der Waals surface area (Å²) in [6.07, 6.45) is 0. The maximum absolute atomic E-state index is 12.7. The van der Waals surface area contributed by atoms with E-state index in [0.29, 0.717) is 18.8 Å². The van der Waals surface area contributed by atoms with E-state index in [1.54, 1.807) is 35.2 Å². The molecule has 0 bridgehead atoms. The number of carbonyl (C=O) groups excluding carboxylic acids is 1. The van der Waals surface area contributed by atoms with Crippen LogP contribution in [0.5, 0.6) is 5.75 Å². The largest absolute Gasteiger partial charge is 0.484 e. The van der Waals surface area contributed by atoms with Crippen molar-refractivity contribution in [3.8, 4) is 5.75 Å². The van der Waals surface area contributed by atoms with E-state index >= 15 is 0 Å². The standard InChI is InChI=1S/C18H18BrClN2O4S/c19-14-5-7-15(8-6-14)26-13-18(23)21-9-11-22(12-10-21)27(24,25)17-4-2-1-3-16(17)20/h1-8H,9-13H2. The number of nitrogens with zero attached hydrogens (tertiary/aromatic N) is 2. The normalized spacial score (nSPS) is 15.6. The topological polar surface area (TPSA) is 66.9 Å². The van der Waals surface area contributed by atoms with Gasteiger partial charge in [0.1, 0.15) is 10.6 Å². The zero-order chi connectivity index (χ0) is 19.4. The van der Waals surface area contributed by atoms with Crippen LogP contribution < -0.4 is 4.74 Å². The monoisotopic (exact) mass is 472 g/mol. The summed E-state index contributed by atoms with van der Waals surface area (Å²) in [4.78, 5) is 14.0. The highest BCUT2D eigenvalue weighted by Crippen LogP contribution is 2.25. The van der Waals surface area contributed by atoms with Gasteiger partial charge in [0.2, 0.25) is 10.0 Å². The number of amides is 1. The van der Waals surface area contributed by atoms with E-state index in [4.69, 9.17) is 16.3 Å². The molecule has 0 atom stereocenters. The van der Waals surface area contributed by atoms with Gasteiger partial charge in [0.15, 0.2) is 6.61 Å². The average Bonchev–Trinajstić information content (AvgIpc) is 2.67. The minimum Gasteiger partial charge on any atom is -0.484 e. The molecule has 1 fully saturated rings. The van der Waals surface area contributed by atoms with Gasteiger partial charge in [-0.05, 0) is 36.4 Å². The zero-order valence-corrected chi connectivity index (χ0v) is 17.5. The van der Waals surface area contributed by atoms with Gasteiger partial charge in [-0.15, -0.1) is 0 Å². The molecule has 1 aliphatic heterocycles. The van der Waals surface area contributed by atoms with Crippen molar-refractivity contribution < 1.29 is 17.9 Å². The molecule has 0 N–H and O–H groups in total. The lowest BCUT2D eigenvalue weighted by molar-refractivity contribution is -0.134. The van der Waals surface area contributed by atoms with Crippen molar-refractivity contribution in [1.82, 2.24) is 9.21 Å². The summed E-state index contributed by atoms with van der Waals surface area (Å²) in [6.45, 7) is 0.979. The van der Waals surface area contributed by atoms with Crippen molar-refractivity contribution in [2.24, 2.45) is 0 Å². The van der Waals surface area contributed by atoms with Crippen LogP contribution in [-0.4, -0.2) is 56.3 Å². The lowest BCUT2D eigenvalue weighted by Crippen LogP contribution is -2.51. The Bertz CT molecular complexity index is 913. The predicted molar refractivity (Wildman–Crippen MR) is 106 cm³/mol. The lowest BCUT2D eigenvalue weighted by Gasteiger charge is -2.34. The number of hydrogen-bond donors (Lipinski definition) is 0. The third-order valence-corrected chi connectivity index (χ3v) is 7.15. The van der Waals surface area contributed by atoms with Crippen LogP contribution >= 0.6 is 27.5 Å². The Hall–Kier alpha value is -1.61. The fraction of sp³-hybridized carbons (Fsp3) is 0.278. The number of carbonyl (C=O) groups is 1. The summed E-state index contributed by atoms with van der Waals surface area (Å²) in [5.74, 6) is 0.430. The van der Waals surface area contributed by atoms with Gasteiger partial charge in [-0.1, -0.05) is 39.7 Å². The minimum absolute atomic E-state index is 0.0844. The molecule has 2 aromatic carbocycles. The van der Waals surface area contributed by atoms with Crippen molar-refractivity contribution in [2.75, 3.05) is 32.8 Å². The van der Waals surface area contributed by atoms with Gasteiger partial charge in [-0.2, -0.15) is 4.31 Å². The molecule has 0 unspecified atom stereocenters. The number of halogens is 2. The summed E-state index contributed by atoms with van der Waals surface area (Å²) < 4.78 is 33.2. The summed E-state index contributed by atoms with van der Waals surface area (Å²) in [5.41, 5.74) is 0. The van der Waals surface area contributed by atoms with Crippen LogP contribution in [0.15, 0.2) is 57.9 Å². The first kappa shape index (κ1) is 20.1. The van der Waals surface area contributed by atoms with E-state index < -0.39 is 10.0 Å². The fourth-order valence-corrected chi connectivity index (χ4v) is 4.92. The van der Waals surface area contributed by atoms with Crippen molar-refractivity contribution in [3.05, 3.63) is 58.0 Å². The molecule has 0 saturated carbocycles.